The summed E-state index contributed by atoms with van der Waals surface area (Å²) in [6.07, 6.45) is 2.09. The van der Waals surface area contributed by atoms with Crippen molar-refractivity contribution in [2.45, 2.75) is 25.8 Å². The summed E-state index contributed by atoms with van der Waals surface area (Å²) in [5.74, 6) is -0.756. The minimum Gasteiger partial charge on any atom is -0.480 e. The molecule has 0 aromatic heterocycles. The molecule has 0 bridgehead atoms. The standard InChI is InChI=1S/C15H22N2O2/c1-3-12-4-6-13(7-5-12)17-9-8-14(10-17)16(2)11-15(18)19/h4-7,14H,3,8-11H2,1-2H3,(H,18,19). The molecule has 1 unspecified atom stereocenters. The third-order valence-electron chi connectivity index (χ3n) is 3.88. The van der Waals surface area contributed by atoms with E-state index in [1.54, 1.807) is 0 Å². The van der Waals surface area contributed by atoms with Crippen LogP contribution in [0, 0.1) is 0 Å². The number of carboxylic acids is 1. The second kappa shape index (κ2) is 6.06. The molecule has 1 atom stereocenters. The first-order valence-corrected chi connectivity index (χ1v) is 6.86. The van der Waals surface area contributed by atoms with Gasteiger partial charge in [0.1, 0.15) is 0 Å². The van der Waals surface area contributed by atoms with Crippen molar-refractivity contribution < 1.29 is 9.90 Å². The highest BCUT2D eigenvalue weighted by Gasteiger charge is 2.26. The maximum atomic E-state index is 10.7. The Morgan fingerprint density at radius 2 is 2.11 bits per heavy atom. The van der Waals surface area contributed by atoms with Crippen LogP contribution >= 0.6 is 0 Å². The summed E-state index contributed by atoms with van der Waals surface area (Å²) in [5.41, 5.74) is 2.59. The van der Waals surface area contributed by atoms with Gasteiger partial charge >= 0.3 is 5.97 Å². The van der Waals surface area contributed by atoms with Crippen LogP contribution in [-0.2, 0) is 11.2 Å². The molecule has 1 aromatic carbocycles. The lowest BCUT2D eigenvalue weighted by molar-refractivity contribution is -0.138. The number of hydrogen-bond acceptors (Lipinski definition) is 3. The Morgan fingerprint density at radius 3 is 2.68 bits per heavy atom. The number of aryl methyl sites for hydroxylation is 1. The molecule has 1 saturated heterocycles. The molecule has 0 radical (unpaired) electrons. The molecule has 1 aliphatic heterocycles. The van der Waals surface area contributed by atoms with E-state index in [-0.39, 0.29) is 6.54 Å². The first-order valence-electron chi connectivity index (χ1n) is 6.86. The zero-order valence-corrected chi connectivity index (χ0v) is 11.7. The Balaban J connectivity index is 1.95. The summed E-state index contributed by atoms with van der Waals surface area (Å²) in [4.78, 5) is 15.0. The average Bonchev–Trinajstić information content (AvgIpc) is 2.88. The number of nitrogens with zero attached hydrogens (tertiary/aromatic N) is 2. The Morgan fingerprint density at radius 1 is 1.42 bits per heavy atom. The van der Waals surface area contributed by atoms with Crippen molar-refractivity contribution in [2.24, 2.45) is 0 Å². The third-order valence-corrected chi connectivity index (χ3v) is 3.88. The van der Waals surface area contributed by atoms with Crippen LogP contribution < -0.4 is 4.90 Å². The zero-order chi connectivity index (χ0) is 13.8. The second-order valence-electron chi connectivity index (χ2n) is 5.22. The molecular weight excluding hydrogens is 240 g/mol. The topological polar surface area (TPSA) is 43.8 Å². The lowest BCUT2D eigenvalue weighted by atomic mass is 10.1. The molecule has 1 aromatic rings. The minimum absolute atomic E-state index is 0.118. The molecule has 1 heterocycles. The van der Waals surface area contributed by atoms with Gasteiger partial charge in [0.25, 0.3) is 0 Å². The van der Waals surface area contributed by atoms with Crippen molar-refractivity contribution in [3.8, 4) is 0 Å². The van der Waals surface area contributed by atoms with E-state index in [4.69, 9.17) is 5.11 Å². The van der Waals surface area contributed by atoms with Gasteiger partial charge in [0.2, 0.25) is 0 Å². The fourth-order valence-electron chi connectivity index (χ4n) is 2.62. The Bertz CT molecular complexity index is 430. The molecule has 1 fully saturated rings. The van der Waals surface area contributed by atoms with Gasteiger partial charge in [0.05, 0.1) is 6.54 Å². The van der Waals surface area contributed by atoms with Crippen LogP contribution in [0.3, 0.4) is 0 Å². The number of likely N-dealkylation sites (N-methyl/N-ethyl adjacent to an activating group) is 1. The summed E-state index contributed by atoms with van der Waals surface area (Å²) >= 11 is 0. The fourth-order valence-corrected chi connectivity index (χ4v) is 2.62. The van der Waals surface area contributed by atoms with Crippen molar-refractivity contribution in [2.75, 3.05) is 31.6 Å². The number of carbonyl (C=O) groups is 1. The predicted molar refractivity (Wildman–Crippen MR) is 76.7 cm³/mol. The second-order valence-corrected chi connectivity index (χ2v) is 5.22. The molecule has 104 valence electrons. The lowest BCUT2D eigenvalue weighted by Gasteiger charge is -2.24. The van der Waals surface area contributed by atoms with E-state index < -0.39 is 5.97 Å². The molecular formula is C15H22N2O2. The van der Waals surface area contributed by atoms with Gasteiger partial charge in [-0.15, -0.1) is 0 Å². The van der Waals surface area contributed by atoms with Gasteiger partial charge in [-0.1, -0.05) is 19.1 Å². The van der Waals surface area contributed by atoms with Gasteiger partial charge in [-0.25, -0.2) is 0 Å². The zero-order valence-electron chi connectivity index (χ0n) is 11.7. The van der Waals surface area contributed by atoms with E-state index >= 15 is 0 Å². The molecule has 4 nitrogen and oxygen atoms in total. The number of benzene rings is 1. The normalized spacial score (nSPS) is 19.1. The van der Waals surface area contributed by atoms with Gasteiger partial charge in [-0.3, -0.25) is 9.69 Å². The summed E-state index contributed by atoms with van der Waals surface area (Å²) in [7, 11) is 1.89. The summed E-state index contributed by atoms with van der Waals surface area (Å²) in [6.45, 7) is 4.18. The van der Waals surface area contributed by atoms with E-state index in [1.807, 2.05) is 11.9 Å². The Kier molecular flexibility index (Phi) is 4.43. The number of aliphatic carboxylic acids is 1. The van der Waals surface area contributed by atoms with Crippen LogP contribution in [0.4, 0.5) is 5.69 Å². The van der Waals surface area contributed by atoms with E-state index in [2.05, 4.69) is 36.1 Å². The van der Waals surface area contributed by atoms with E-state index in [9.17, 15) is 4.79 Å². The first-order chi connectivity index (χ1) is 9.10. The highest BCUT2D eigenvalue weighted by atomic mass is 16.4. The SMILES string of the molecule is CCc1ccc(N2CCC(N(C)CC(=O)O)C2)cc1. The van der Waals surface area contributed by atoms with Gasteiger partial charge in [0.15, 0.2) is 0 Å². The quantitative estimate of drug-likeness (QED) is 0.879. The third kappa shape index (κ3) is 3.47. The highest BCUT2D eigenvalue weighted by molar-refractivity contribution is 5.69. The van der Waals surface area contributed by atoms with Crippen molar-refractivity contribution in [1.29, 1.82) is 0 Å². The molecule has 2 rings (SSSR count). The van der Waals surface area contributed by atoms with Gasteiger partial charge in [-0.2, -0.15) is 0 Å². The van der Waals surface area contributed by atoms with E-state index in [0.717, 1.165) is 25.9 Å². The van der Waals surface area contributed by atoms with Crippen molar-refractivity contribution >= 4 is 11.7 Å². The number of anilines is 1. The molecule has 0 spiro atoms. The van der Waals surface area contributed by atoms with Crippen molar-refractivity contribution in [3.63, 3.8) is 0 Å². The summed E-state index contributed by atoms with van der Waals surface area (Å²) in [5, 5.41) is 8.83. The predicted octanol–water partition coefficient (Wildman–Crippen LogP) is 1.84. The summed E-state index contributed by atoms with van der Waals surface area (Å²) in [6, 6.07) is 9.01. The van der Waals surface area contributed by atoms with Crippen molar-refractivity contribution in [1.82, 2.24) is 4.90 Å². The molecule has 1 aliphatic rings. The molecule has 19 heavy (non-hydrogen) atoms. The van der Waals surface area contributed by atoms with Crippen LogP contribution in [0.25, 0.3) is 0 Å². The average molecular weight is 262 g/mol. The van der Waals surface area contributed by atoms with Crippen molar-refractivity contribution in [3.05, 3.63) is 29.8 Å². The molecule has 0 amide bonds. The van der Waals surface area contributed by atoms with Gasteiger partial charge < -0.3 is 10.0 Å². The lowest BCUT2D eigenvalue weighted by Crippen LogP contribution is -2.37. The molecule has 0 saturated carbocycles. The van der Waals surface area contributed by atoms with Crippen LogP contribution in [0.2, 0.25) is 0 Å². The fraction of sp³-hybridized carbons (Fsp3) is 0.533. The monoisotopic (exact) mass is 262 g/mol. The first kappa shape index (κ1) is 13.9. The van der Waals surface area contributed by atoms with Crippen LogP contribution in [0.1, 0.15) is 18.9 Å². The van der Waals surface area contributed by atoms with Crippen LogP contribution in [0.15, 0.2) is 24.3 Å². The van der Waals surface area contributed by atoms with Crippen LogP contribution in [0.5, 0.6) is 0 Å². The maximum Gasteiger partial charge on any atom is 0.317 e. The number of carboxylic acid groups (broad SMARTS) is 1. The van der Waals surface area contributed by atoms with Gasteiger partial charge in [0, 0.05) is 24.8 Å². The van der Waals surface area contributed by atoms with Gasteiger partial charge in [-0.05, 0) is 37.6 Å². The summed E-state index contributed by atoms with van der Waals surface area (Å²) < 4.78 is 0. The largest absolute Gasteiger partial charge is 0.480 e. The number of rotatable bonds is 5. The Labute approximate surface area is 114 Å². The molecule has 4 heteroatoms. The molecule has 1 N–H and O–H groups in total. The number of hydrogen-bond donors (Lipinski definition) is 1. The van der Waals surface area contributed by atoms with E-state index in [1.165, 1.54) is 11.3 Å². The Hall–Kier alpha value is -1.55. The van der Waals surface area contributed by atoms with Crippen LogP contribution in [-0.4, -0.2) is 48.7 Å². The molecule has 0 aliphatic carbocycles. The van der Waals surface area contributed by atoms with E-state index in [0.29, 0.717) is 6.04 Å². The minimum atomic E-state index is -0.756. The highest BCUT2D eigenvalue weighted by Crippen LogP contribution is 2.23. The maximum absolute atomic E-state index is 10.7. The smallest absolute Gasteiger partial charge is 0.317 e.